The molecule has 1 aliphatic rings. The lowest BCUT2D eigenvalue weighted by atomic mass is 10.0. The Bertz CT molecular complexity index is 1670. The molecule has 2 amide bonds. The molecule has 0 spiro atoms. The summed E-state index contributed by atoms with van der Waals surface area (Å²) in [5.41, 5.74) is 0.940. The first-order chi connectivity index (χ1) is 21.4. The Labute approximate surface area is 260 Å². The molecule has 4 heterocycles. The van der Waals surface area contributed by atoms with Crippen LogP contribution in [-0.2, 0) is 11.3 Å². The van der Waals surface area contributed by atoms with Crippen LogP contribution in [0.15, 0.2) is 53.9 Å². The minimum absolute atomic E-state index is 0.0793. The lowest BCUT2D eigenvalue weighted by Crippen LogP contribution is -2.48. The van der Waals surface area contributed by atoms with Crippen LogP contribution in [-0.4, -0.2) is 97.5 Å². The Kier molecular flexibility index (Phi) is 9.62. The molecule has 1 aliphatic heterocycles. The Morgan fingerprint density at radius 1 is 1.24 bits per heavy atom. The third-order valence-corrected chi connectivity index (χ3v) is 8.18. The predicted molar refractivity (Wildman–Crippen MR) is 160 cm³/mol. The van der Waals surface area contributed by atoms with E-state index in [1.165, 1.54) is 45.6 Å². The number of piperidine rings is 1. The maximum Gasteiger partial charge on any atom is 0.387 e. The fourth-order valence-electron chi connectivity index (χ4n) is 5.35. The molecule has 1 fully saturated rings. The number of nitrogens with one attached hydrogen (secondary N) is 1. The highest BCUT2D eigenvalue weighted by Crippen LogP contribution is 2.38. The van der Waals surface area contributed by atoms with Crippen molar-refractivity contribution < 1.29 is 31.9 Å². The summed E-state index contributed by atoms with van der Waals surface area (Å²) in [6, 6.07) is 6.22. The molecule has 3 aromatic heterocycles. The van der Waals surface area contributed by atoms with Crippen LogP contribution in [0.5, 0.6) is 5.75 Å². The number of halogens is 4. The summed E-state index contributed by atoms with van der Waals surface area (Å²) in [7, 11) is 1.65. The van der Waals surface area contributed by atoms with Gasteiger partial charge in [0.05, 0.1) is 18.4 Å². The van der Waals surface area contributed by atoms with Gasteiger partial charge < -0.3 is 15.0 Å². The van der Waals surface area contributed by atoms with Gasteiger partial charge >= 0.3 is 6.61 Å². The number of benzene rings is 1. The Morgan fingerprint density at radius 3 is 2.69 bits per heavy atom. The first kappa shape index (κ1) is 32.2. The second kappa shape index (κ2) is 13.4. The van der Waals surface area contributed by atoms with Crippen molar-refractivity contribution in [3.05, 3.63) is 54.6 Å². The predicted octanol–water partition coefficient (Wildman–Crippen LogP) is 4.75. The number of alkyl halides is 4. The van der Waals surface area contributed by atoms with Crippen LogP contribution in [0.1, 0.15) is 30.1 Å². The molecular formula is C29H32F4N8O3S. The van der Waals surface area contributed by atoms with Gasteiger partial charge in [-0.2, -0.15) is 19.0 Å². The van der Waals surface area contributed by atoms with Gasteiger partial charge in [-0.15, -0.1) is 11.8 Å². The molecule has 1 saturated heterocycles. The van der Waals surface area contributed by atoms with E-state index in [4.69, 9.17) is 4.74 Å². The number of fused-ring (bicyclic) bond motifs is 1. The van der Waals surface area contributed by atoms with Crippen molar-refractivity contribution in [2.45, 2.75) is 49.8 Å². The Morgan fingerprint density at radius 2 is 2.00 bits per heavy atom. The molecule has 0 unspecified atom stereocenters. The lowest BCUT2D eigenvalue weighted by molar-refractivity contribution is -0.133. The first-order valence-corrected chi connectivity index (χ1v) is 15.3. The summed E-state index contributed by atoms with van der Waals surface area (Å²) in [5, 5.41) is 11.4. The average Bonchev–Trinajstić information content (AvgIpc) is 3.60. The van der Waals surface area contributed by atoms with Crippen molar-refractivity contribution in [1.82, 2.24) is 34.2 Å². The zero-order valence-electron chi connectivity index (χ0n) is 24.8. The number of thioether (sulfide) groups is 1. The van der Waals surface area contributed by atoms with Gasteiger partial charge in [-0.3, -0.25) is 19.2 Å². The molecule has 0 aliphatic carbocycles. The smallest absolute Gasteiger partial charge is 0.387 e. The van der Waals surface area contributed by atoms with Crippen LogP contribution in [0.2, 0.25) is 0 Å². The zero-order valence-corrected chi connectivity index (χ0v) is 25.6. The van der Waals surface area contributed by atoms with Crippen molar-refractivity contribution in [3.8, 4) is 17.0 Å². The number of rotatable bonds is 11. The molecule has 0 radical (unpaired) electrons. The summed E-state index contributed by atoms with van der Waals surface area (Å²) in [5.74, 6) is -3.81. The standard InChI is InChI=1S/C29H32F4N8O3S/c1-29(32,33)17-38(2)18-7-11-39(12-8-18)24(42)16-40-15-22(36-27(43)21-14-35-41-10-4-9-34-26(21)41)25(37-40)20-13-19(45-3)5-6-23(20)44-28(30)31/h4-6,9-10,13-15,18,28H,7-8,11-12,16-17H2,1-3H3,(H,36,43). The second-order valence-corrected chi connectivity index (χ2v) is 11.7. The molecule has 4 aromatic rings. The minimum Gasteiger partial charge on any atom is -0.434 e. The van der Waals surface area contributed by atoms with Crippen LogP contribution in [0.3, 0.4) is 0 Å². The highest BCUT2D eigenvalue weighted by Gasteiger charge is 2.31. The minimum atomic E-state index is -3.11. The second-order valence-electron chi connectivity index (χ2n) is 10.8. The number of aromatic nitrogens is 5. The summed E-state index contributed by atoms with van der Waals surface area (Å²) in [6.45, 7) is -2.04. The van der Waals surface area contributed by atoms with Crippen molar-refractivity contribution in [3.63, 3.8) is 0 Å². The fraction of sp³-hybridized carbons (Fsp3) is 0.414. The number of likely N-dealkylation sites (tertiary alicyclic amines) is 1. The van der Waals surface area contributed by atoms with E-state index in [2.05, 4.69) is 20.5 Å². The SMILES string of the molecule is CSc1ccc(OC(F)F)c(-c2nn(CC(=O)N3CCC(N(C)CC(C)(F)F)CC3)cc2NC(=O)c2cnn3cccnc23)c1. The molecule has 240 valence electrons. The molecule has 0 bridgehead atoms. The van der Waals surface area contributed by atoms with Crippen LogP contribution >= 0.6 is 11.8 Å². The van der Waals surface area contributed by atoms with Crippen molar-refractivity contribution in [2.75, 3.05) is 38.3 Å². The molecule has 16 heteroatoms. The van der Waals surface area contributed by atoms with Crippen molar-refractivity contribution in [2.24, 2.45) is 0 Å². The molecule has 1 N–H and O–H groups in total. The topological polar surface area (TPSA) is 110 Å². The van der Waals surface area contributed by atoms with Crippen LogP contribution in [0, 0.1) is 0 Å². The molecule has 45 heavy (non-hydrogen) atoms. The Balaban J connectivity index is 1.41. The maximum atomic E-state index is 13.5. The van der Waals surface area contributed by atoms with Gasteiger partial charge in [-0.25, -0.2) is 18.3 Å². The number of hydrogen-bond donors (Lipinski definition) is 1. The van der Waals surface area contributed by atoms with Crippen LogP contribution in [0.25, 0.3) is 16.9 Å². The highest BCUT2D eigenvalue weighted by molar-refractivity contribution is 7.98. The number of amides is 2. The number of hydrogen-bond acceptors (Lipinski definition) is 8. The first-order valence-electron chi connectivity index (χ1n) is 14.1. The summed E-state index contributed by atoms with van der Waals surface area (Å²) in [4.78, 5) is 34.9. The average molecular weight is 649 g/mol. The van der Waals surface area contributed by atoms with Gasteiger partial charge in [0, 0.05) is 55.1 Å². The molecule has 11 nitrogen and oxygen atoms in total. The molecule has 0 saturated carbocycles. The van der Waals surface area contributed by atoms with E-state index in [1.807, 2.05) is 6.26 Å². The van der Waals surface area contributed by atoms with Crippen molar-refractivity contribution >= 4 is 34.9 Å². The summed E-state index contributed by atoms with van der Waals surface area (Å²) in [6.07, 6.45) is 8.85. The number of nitrogens with zero attached hydrogens (tertiary/aromatic N) is 7. The summed E-state index contributed by atoms with van der Waals surface area (Å²) < 4.78 is 61.2. The molecular weight excluding hydrogens is 616 g/mol. The van der Waals surface area contributed by atoms with Crippen molar-refractivity contribution in [1.29, 1.82) is 0 Å². The number of carbonyl (C=O) groups is 2. The van der Waals surface area contributed by atoms with Crippen LogP contribution < -0.4 is 10.1 Å². The molecule has 1 aromatic carbocycles. The van der Waals surface area contributed by atoms with E-state index in [9.17, 15) is 27.2 Å². The fourth-order valence-corrected chi connectivity index (χ4v) is 5.79. The van der Waals surface area contributed by atoms with E-state index in [-0.39, 0.29) is 53.3 Å². The third-order valence-electron chi connectivity index (χ3n) is 7.46. The van der Waals surface area contributed by atoms with E-state index >= 15 is 0 Å². The zero-order chi connectivity index (χ0) is 32.3. The largest absolute Gasteiger partial charge is 0.434 e. The van der Waals surface area contributed by atoms with Gasteiger partial charge in [0.15, 0.2) is 5.65 Å². The van der Waals surface area contributed by atoms with Gasteiger partial charge in [0.25, 0.3) is 11.8 Å². The van der Waals surface area contributed by atoms with E-state index in [0.717, 1.165) is 11.8 Å². The molecule has 5 rings (SSSR count). The summed E-state index contributed by atoms with van der Waals surface area (Å²) >= 11 is 1.38. The number of carbonyl (C=O) groups excluding carboxylic acids is 2. The van der Waals surface area contributed by atoms with E-state index < -0.39 is 18.4 Å². The third kappa shape index (κ3) is 7.73. The van der Waals surface area contributed by atoms with Gasteiger partial charge in [0.1, 0.15) is 23.6 Å². The van der Waals surface area contributed by atoms with Gasteiger partial charge in [0.2, 0.25) is 5.91 Å². The van der Waals surface area contributed by atoms with E-state index in [0.29, 0.717) is 31.6 Å². The quantitative estimate of drug-likeness (QED) is 0.184. The monoisotopic (exact) mass is 648 g/mol. The molecule has 0 atom stereocenters. The normalized spacial score (nSPS) is 14.5. The van der Waals surface area contributed by atoms with E-state index in [1.54, 1.807) is 41.2 Å². The maximum absolute atomic E-state index is 13.5. The van der Waals surface area contributed by atoms with Gasteiger partial charge in [-0.1, -0.05) is 0 Å². The van der Waals surface area contributed by atoms with Gasteiger partial charge in [-0.05, 0) is 50.4 Å². The number of anilines is 1. The van der Waals surface area contributed by atoms with Crippen LogP contribution in [0.4, 0.5) is 23.2 Å². The lowest BCUT2D eigenvalue weighted by Gasteiger charge is -2.37. The highest BCUT2D eigenvalue weighted by atomic mass is 32.2. The number of ether oxygens (including phenoxy) is 1. The Hall–Kier alpha value is -4.18.